The molecule has 1 aromatic heterocycles. The predicted molar refractivity (Wildman–Crippen MR) is 114 cm³/mol. The van der Waals surface area contributed by atoms with Crippen molar-refractivity contribution in [3.63, 3.8) is 0 Å². The van der Waals surface area contributed by atoms with E-state index in [4.69, 9.17) is 0 Å². The summed E-state index contributed by atoms with van der Waals surface area (Å²) in [5.74, 6) is 0.167. The van der Waals surface area contributed by atoms with Crippen molar-refractivity contribution in [3.8, 4) is 0 Å². The van der Waals surface area contributed by atoms with Gasteiger partial charge in [0.2, 0.25) is 5.91 Å². The Morgan fingerprint density at radius 2 is 1.57 bits per heavy atom. The SMILES string of the molecule is CC(=O)N1CCN(C(=O)c2sc3ccccc3c2Cc2ccc(C)cc2)CC1. The van der Waals surface area contributed by atoms with Crippen LogP contribution in [-0.4, -0.2) is 47.8 Å². The van der Waals surface area contributed by atoms with Gasteiger partial charge in [0.15, 0.2) is 0 Å². The van der Waals surface area contributed by atoms with E-state index >= 15 is 0 Å². The Morgan fingerprint density at radius 3 is 2.25 bits per heavy atom. The molecule has 0 N–H and O–H groups in total. The van der Waals surface area contributed by atoms with Gasteiger partial charge in [-0.2, -0.15) is 0 Å². The molecule has 0 saturated carbocycles. The molecule has 0 atom stereocenters. The number of thiophene rings is 1. The minimum absolute atomic E-state index is 0.0778. The lowest BCUT2D eigenvalue weighted by atomic mass is 10.0. The zero-order chi connectivity index (χ0) is 19.7. The van der Waals surface area contributed by atoms with Crippen LogP contribution in [0.25, 0.3) is 10.1 Å². The quantitative estimate of drug-likeness (QED) is 0.673. The Morgan fingerprint density at radius 1 is 0.929 bits per heavy atom. The zero-order valence-corrected chi connectivity index (χ0v) is 17.1. The summed E-state index contributed by atoms with van der Waals surface area (Å²) in [5.41, 5.74) is 3.56. The third kappa shape index (κ3) is 3.67. The standard InChI is InChI=1S/C23H24N2O2S/c1-16-7-9-18(10-8-16)15-20-19-5-3-4-6-21(19)28-22(20)23(27)25-13-11-24(12-14-25)17(2)26/h3-10H,11-15H2,1-2H3. The molecular weight excluding hydrogens is 368 g/mol. The average Bonchev–Trinajstić information content (AvgIpc) is 3.07. The maximum absolute atomic E-state index is 13.3. The van der Waals surface area contributed by atoms with Crippen molar-refractivity contribution in [3.05, 3.63) is 70.1 Å². The summed E-state index contributed by atoms with van der Waals surface area (Å²) in [5, 5.41) is 1.17. The summed E-state index contributed by atoms with van der Waals surface area (Å²) in [4.78, 5) is 29.4. The third-order valence-electron chi connectivity index (χ3n) is 5.41. The van der Waals surface area contributed by atoms with Crippen LogP contribution in [0.3, 0.4) is 0 Å². The third-order valence-corrected chi connectivity index (χ3v) is 6.61. The highest BCUT2D eigenvalue weighted by Gasteiger charge is 2.27. The second kappa shape index (κ2) is 7.76. The molecule has 3 aromatic rings. The molecule has 4 rings (SSSR count). The van der Waals surface area contributed by atoms with E-state index in [2.05, 4.69) is 43.3 Å². The van der Waals surface area contributed by atoms with Crippen molar-refractivity contribution in [2.24, 2.45) is 0 Å². The lowest BCUT2D eigenvalue weighted by molar-refractivity contribution is -0.130. The van der Waals surface area contributed by atoms with Gasteiger partial charge in [0.05, 0.1) is 4.88 Å². The molecule has 0 aliphatic carbocycles. The largest absolute Gasteiger partial charge is 0.339 e. The fourth-order valence-corrected chi connectivity index (χ4v) is 4.91. The number of nitrogens with zero attached hydrogens (tertiary/aromatic N) is 2. The van der Waals surface area contributed by atoms with Crippen molar-refractivity contribution in [2.45, 2.75) is 20.3 Å². The fraction of sp³-hybridized carbons (Fsp3) is 0.304. The summed E-state index contributed by atoms with van der Waals surface area (Å²) in [6.07, 6.45) is 0.749. The second-order valence-corrected chi connectivity index (χ2v) is 8.42. The van der Waals surface area contributed by atoms with Gasteiger partial charge >= 0.3 is 0 Å². The van der Waals surface area contributed by atoms with Crippen LogP contribution in [0.2, 0.25) is 0 Å². The molecule has 1 saturated heterocycles. The summed E-state index contributed by atoms with van der Waals surface area (Å²) < 4.78 is 1.15. The van der Waals surface area contributed by atoms with Crippen LogP contribution in [0, 0.1) is 6.92 Å². The molecule has 0 unspecified atom stereocenters. The zero-order valence-electron chi connectivity index (χ0n) is 16.3. The average molecular weight is 393 g/mol. The molecule has 0 spiro atoms. The Hall–Kier alpha value is -2.66. The predicted octanol–water partition coefficient (Wildman–Crippen LogP) is 4.10. The monoisotopic (exact) mass is 392 g/mol. The van der Waals surface area contributed by atoms with E-state index in [0.29, 0.717) is 26.2 Å². The molecule has 4 nitrogen and oxygen atoms in total. The minimum Gasteiger partial charge on any atom is -0.339 e. The number of carbonyl (C=O) groups excluding carboxylic acids is 2. The smallest absolute Gasteiger partial charge is 0.264 e. The molecule has 144 valence electrons. The maximum atomic E-state index is 13.3. The Balaban J connectivity index is 1.65. The number of carbonyl (C=O) groups is 2. The highest BCUT2D eigenvalue weighted by Crippen LogP contribution is 2.34. The molecule has 5 heteroatoms. The Kier molecular flexibility index (Phi) is 5.18. The number of benzene rings is 2. The van der Waals surface area contributed by atoms with Crippen LogP contribution < -0.4 is 0 Å². The lowest BCUT2D eigenvalue weighted by Crippen LogP contribution is -2.50. The van der Waals surface area contributed by atoms with Crippen LogP contribution in [0.15, 0.2) is 48.5 Å². The van der Waals surface area contributed by atoms with Gasteiger partial charge in [-0.15, -0.1) is 11.3 Å². The normalized spacial score (nSPS) is 14.5. The van der Waals surface area contributed by atoms with Crippen molar-refractivity contribution in [2.75, 3.05) is 26.2 Å². The summed E-state index contributed by atoms with van der Waals surface area (Å²) >= 11 is 1.58. The number of piperazine rings is 1. The Labute approximate surface area is 169 Å². The summed E-state index contributed by atoms with van der Waals surface area (Å²) in [6, 6.07) is 16.8. The van der Waals surface area contributed by atoms with Gasteiger partial charge < -0.3 is 9.80 Å². The van der Waals surface area contributed by atoms with Gasteiger partial charge in [-0.3, -0.25) is 9.59 Å². The second-order valence-electron chi connectivity index (χ2n) is 7.37. The summed E-state index contributed by atoms with van der Waals surface area (Å²) in [7, 11) is 0. The van der Waals surface area contributed by atoms with Gasteiger partial charge in [0.25, 0.3) is 5.91 Å². The maximum Gasteiger partial charge on any atom is 0.264 e. The molecule has 1 aliphatic heterocycles. The van der Waals surface area contributed by atoms with Crippen LogP contribution in [-0.2, 0) is 11.2 Å². The minimum atomic E-state index is 0.0778. The van der Waals surface area contributed by atoms with Crippen molar-refractivity contribution >= 4 is 33.2 Å². The molecule has 2 heterocycles. The van der Waals surface area contributed by atoms with Gasteiger partial charge in [0, 0.05) is 37.8 Å². The van der Waals surface area contributed by atoms with E-state index in [1.54, 1.807) is 18.3 Å². The number of rotatable bonds is 3. The van der Waals surface area contributed by atoms with Crippen LogP contribution in [0.4, 0.5) is 0 Å². The first-order valence-corrected chi connectivity index (χ1v) is 10.5. The first kappa shape index (κ1) is 18.7. The van der Waals surface area contributed by atoms with Crippen molar-refractivity contribution < 1.29 is 9.59 Å². The van der Waals surface area contributed by atoms with E-state index in [1.165, 1.54) is 16.5 Å². The topological polar surface area (TPSA) is 40.6 Å². The fourth-order valence-electron chi connectivity index (χ4n) is 3.73. The lowest BCUT2D eigenvalue weighted by Gasteiger charge is -2.34. The number of hydrogen-bond acceptors (Lipinski definition) is 3. The van der Waals surface area contributed by atoms with E-state index in [-0.39, 0.29) is 11.8 Å². The highest BCUT2D eigenvalue weighted by atomic mass is 32.1. The number of aryl methyl sites for hydroxylation is 1. The highest BCUT2D eigenvalue weighted by molar-refractivity contribution is 7.21. The van der Waals surface area contributed by atoms with Crippen LogP contribution >= 0.6 is 11.3 Å². The number of hydrogen-bond donors (Lipinski definition) is 0. The van der Waals surface area contributed by atoms with Gasteiger partial charge in [-0.1, -0.05) is 48.0 Å². The van der Waals surface area contributed by atoms with Gasteiger partial charge in [0.1, 0.15) is 0 Å². The van der Waals surface area contributed by atoms with Crippen molar-refractivity contribution in [1.29, 1.82) is 0 Å². The number of amides is 2. The first-order chi connectivity index (χ1) is 13.5. The molecule has 0 radical (unpaired) electrons. The van der Waals surface area contributed by atoms with Gasteiger partial charge in [-0.25, -0.2) is 0 Å². The first-order valence-electron chi connectivity index (χ1n) is 9.63. The molecular formula is C23H24N2O2S. The molecule has 2 amide bonds. The van der Waals surface area contributed by atoms with Crippen molar-refractivity contribution in [1.82, 2.24) is 9.80 Å². The summed E-state index contributed by atoms with van der Waals surface area (Å²) in [6.45, 7) is 6.08. The van der Waals surface area contributed by atoms with E-state index in [1.807, 2.05) is 21.9 Å². The molecule has 0 bridgehead atoms. The molecule has 1 fully saturated rings. The van der Waals surface area contributed by atoms with E-state index < -0.39 is 0 Å². The molecule has 1 aliphatic rings. The molecule has 28 heavy (non-hydrogen) atoms. The number of fused-ring (bicyclic) bond motifs is 1. The van der Waals surface area contributed by atoms with E-state index in [0.717, 1.165) is 21.6 Å². The van der Waals surface area contributed by atoms with E-state index in [9.17, 15) is 9.59 Å². The Bertz CT molecular complexity index is 1010. The molecule has 2 aromatic carbocycles. The van der Waals surface area contributed by atoms with Crippen LogP contribution in [0.1, 0.15) is 33.3 Å². The van der Waals surface area contributed by atoms with Gasteiger partial charge in [-0.05, 0) is 35.9 Å². The van der Waals surface area contributed by atoms with Crippen LogP contribution in [0.5, 0.6) is 0 Å².